The molecule has 0 aliphatic rings. The number of pyridine rings is 2. The van der Waals surface area contributed by atoms with Crippen LogP contribution in [0.25, 0.3) is 10.9 Å². The van der Waals surface area contributed by atoms with Crippen molar-refractivity contribution in [3.63, 3.8) is 0 Å². The largest absolute Gasteiger partial charge is 0.379 e. The average Bonchev–Trinajstić information content (AvgIpc) is 2.83. The van der Waals surface area contributed by atoms with Gasteiger partial charge < -0.3 is 10.6 Å². The topological polar surface area (TPSA) is 120 Å². The molecule has 32 heavy (non-hydrogen) atoms. The zero-order valence-corrected chi connectivity index (χ0v) is 17.8. The van der Waals surface area contributed by atoms with E-state index in [2.05, 4.69) is 31.4 Å². The number of nitrogens with zero attached hydrogens (tertiary/aromatic N) is 3. The van der Waals surface area contributed by atoms with E-state index in [1.807, 2.05) is 36.4 Å². The van der Waals surface area contributed by atoms with Crippen LogP contribution in [0.4, 0.5) is 11.5 Å². The summed E-state index contributed by atoms with van der Waals surface area (Å²) in [7, 11) is -3.76. The first-order valence-corrected chi connectivity index (χ1v) is 11.3. The van der Waals surface area contributed by atoms with E-state index in [0.717, 1.165) is 16.8 Å². The Morgan fingerprint density at radius 1 is 0.906 bits per heavy atom. The summed E-state index contributed by atoms with van der Waals surface area (Å²) in [6, 6.07) is 23.3. The highest BCUT2D eigenvalue weighted by Gasteiger charge is 2.17. The maximum atomic E-state index is 12.8. The van der Waals surface area contributed by atoms with Crippen LogP contribution in [-0.4, -0.2) is 25.1 Å². The van der Waals surface area contributed by atoms with Crippen LogP contribution < -0.4 is 15.4 Å². The fourth-order valence-electron chi connectivity index (χ4n) is 3.12. The maximum absolute atomic E-state index is 12.8. The van der Waals surface area contributed by atoms with Gasteiger partial charge in [-0.2, -0.15) is 9.98 Å². The Kier molecular flexibility index (Phi) is 6.26. The summed E-state index contributed by atoms with van der Waals surface area (Å²) in [4.78, 5) is 8.83. The van der Waals surface area contributed by atoms with Crippen LogP contribution in [0.15, 0.2) is 83.9 Å². The number of rotatable bonds is 8. The Balaban J connectivity index is 1.37. The lowest BCUT2D eigenvalue weighted by Crippen LogP contribution is -2.29. The van der Waals surface area contributed by atoms with Crippen LogP contribution in [0.1, 0.15) is 11.3 Å². The molecule has 0 amide bonds. The van der Waals surface area contributed by atoms with Gasteiger partial charge in [-0.1, -0.05) is 24.3 Å². The molecule has 0 atom stereocenters. The molecule has 0 unspecified atom stereocenters. The molecule has 0 aliphatic heterocycles. The summed E-state index contributed by atoms with van der Waals surface area (Å²) >= 11 is 0. The third-order valence-electron chi connectivity index (χ3n) is 4.71. The zero-order chi connectivity index (χ0) is 22.4. The number of hydrogen-bond acceptors (Lipinski definition) is 7. The van der Waals surface area contributed by atoms with E-state index in [1.165, 1.54) is 6.07 Å². The van der Waals surface area contributed by atoms with Gasteiger partial charge >= 0.3 is 0 Å². The van der Waals surface area contributed by atoms with Crippen LogP contribution in [0.2, 0.25) is 0 Å². The third-order valence-corrected chi connectivity index (χ3v) is 6.14. The van der Waals surface area contributed by atoms with Gasteiger partial charge in [-0.05, 0) is 48.5 Å². The smallest absolute Gasteiger partial charge is 0.244 e. The van der Waals surface area contributed by atoms with Gasteiger partial charge in [0.05, 0.1) is 36.1 Å². The van der Waals surface area contributed by atoms with Crippen molar-refractivity contribution in [2.24, 2.45) is 0 Å². The van der Waals surface area contributed by atoms with Crippen molar-refractivity contribution in [1.29, 1.82) is 5.26 Å². The highest BCUT2D eigenvalue weighted by atomic mass is 32.2. The van der Waals surface area contributed by atoms with Gasteiger partial charge in [0.25, 0.3) is 0 Å². The van der Waals surface area contributed by atoms with Crippen LogP contribution in [-0.2, 0) is 16.6 Å². The van der Waals surface area contributed by atoms with Gasteiger partial charge in [0.2, 0.25) is 10.0 Å². The number of anilines is 2. The molecule has 0 bridgehead atoms. The predicted molar refractivity (Wildman–Crippen MR) is 123 cm³/mol. The standard InChI is InChI=1S/C23H20N6O2S/c24-14-17-9-11-19(12-10-17)26-15-20-6-2-8-22(29-20)27-16-28-32(30,31)21-7-1-4-18-5-3-13-25-23(18)21/h1-13,26,28H,15-16H2,(H,27,29). The quantitative estimate of drug-likeness (QED) is 0.356. The Hall–Kier alpha value is -4.00. The molecule has 8 nitrogen and oxygen atoms in total. The summed E-state index contributed by atoms with van der Waals surface area (Å²) in [5.74, 6) is 0.544. The fraction of sp³-hybridized carbons (Fsp3) is 0.0870. The highest BCUT2D eigenvalue weighted by molar-refractivity contribution is 7.89. The number of fused-ring (bicyclic) bond motifs is 1. The molecule has 160 valence electrons. The fourth-order valence-corrected chi connectivity index (χ4v) is 4.22. The second-order valence-corrected chi connectivity index (χ2v) is 8.62. The van der Waals surface area contributed by atoms with E-state index in [4.69, 9.17) is 5.26 Å². The minimum Gasteiger partial charge on any atom is -0.379 e. The molecule has 0 spiro atoms. The van der Waals surface area contributed by atoms with Gasteiger partial charge in [0.15, 0.2) is 0 Å². The molecule has 0 radical (unpaired) electrons. The number of hydrogen-bond donors (Lipinski definition) is 3. The van der Waals surface area contributed by atoms with E-state index in [1.54, 1.807) is 36.5 Å². The SMILES string of the molecule is N#Cc1ccc(NCc2cccc(NCNS(=O)(=O)c3cccc4cccnc34)n2)cc1. The maximum Gasteiger partial charge on any atom is 0.244 e. The molecule has 9 heteroatoms. The normalized spacial score (nSPS) is 11.1. The number of benzene rings is 2. The van der Waals surface area contributed by atoms with Gasteiger partial charge in [-0.15, -0.1) is 0 Å². The molecule has 0 aliphatic carbocycles. The second kappa shape index (κ2) is 9.43. The van der Waals surface area contributed by atoms with E-state index in [-0.39, 0.29) is 11.6 Å². The van der Waals surface area contributed by atoms with Crippen molar-refractivity contribution in [2.45, 2.75) is 11.4 Å². The number of para-hydroxylation sites is 1. The van der Waals surface area contributed by atoms with Crippen LogP contribution in [0.5, 0.6) is 0 Å². The van der Waals surface area contributed by atoms with E-state index in [9.17, 15) is 8.42 Å². The van der Waals surface area contributed by atoms with E-state index < -0.39 is 10.0 Å². The minimum atomic E-state index is -3.76. The summed E-state index contributed by atoms with van der Waals surface area (Å²) < 4.78 is 28.1. The molecule has 2 heterocycles. The first-order chi connectivity index (χ1) is 15.5. The zero-order valence-electron chi connectivity index (χ0n) is 17.0. The molecule has 4 aromatic rings. The Labute approximate surface area is 186 Å². The molecule has 2 aromatic carbocycles. The average molecular weight is 445 g/mol. The number of nitrogens with one attached hydrogen (secondary N) is 3. The van der Waals surface area contributed by atoms with Crippen LogP contribution >= 0.6 is 0 Å². The van der Waals surface area contributed by atoms with Gasteiger partial charge in [0, 0.05) is 17.3 Å². The molecule has 3 N–H and O–H groups in total. The van der Waals surface area contributed by atoms with Crippen molar-refractivity contribution >= 4 is 32.4 Å². The van der Waals surface area contributed by atoms with Crippen LogP contribution in [0.3, 0.4) is 0 Å². The summed E-state index contributed by atoms with van der Waals surface area (Å²) in [5, 5.41) is 15.9. The van der Waals surface area contributed by atoms with Gasteiger partial charge in [0.1, 0.15) is 10.7 Å². The first kappa shape index (κ1) is 21.2. The van der Waals surface area contributed by atoms with Crippen molar-refractivity contribution < 1.29 is 8.42 Å². The minimum absolute atomic E-state index is 0.0228. The van der Waals surface area contributed by atoms with Crippen molar-refractivity contribution in [2.75, 3.05) is 17.3 Å². The first-order valence-electron chi connectivity index (χ1n) is 9.82. The summed E-state index contributed by atoms with van der Waals surface area (Å²) in [6.07, 6.45) is 1.57. The highest BCUT2D eigenvalue weighted by Crippen LogP contribution is 2.20. The lowest BCUT2D eigenvalue weighted by molar-refractivity contribution is 0.585. The van der Waals surface area contributed by atoms with E-state index >= 15 is 0 Å². The van der Waals surface area contributed by atoms with Crippen molar-refractivity contribution in [3.8, 4) is 6.07 Å². The summed E-state index contributed by atoms with van der Waals surface area (Å²) in [6.45, 7) is 0.458. The van der Waals surface area contributed by atoms with Gasteiger partial charge in [-0.25, -0.2) is 13.4 Å². The van der Waals surface area contributed by atoms with Crippen molar-refractivity contribution in [1.82, 2.24) is 14.7 Å². The molecule has 0 saturated carbocycles. The molecular formula is C23H20N6O2S. The number of aromatic nitrogens is 2. The lowest BCUT2D eigenvalue weighted by atomic mass is 10.2. The lowest BCUT2D eigenvalue weighted by Gasteiger charge is -2.11. The predicted octanol–water partition coefficient (Wildman–Crippen LogP) is 3.46. The van der Waals surface area contributed by atoms with Gasteiger partial charge in [-0.3, -0.25) is 4.98 Å². The van der Waals surface area contributed by atoms with Crippen LogP contribution in [0, 0.1) is 11.3 Å². The third kappa shape index (κ3) is 5.00. The molecule has 0 saturated heterocycles. The molecule has 0 fully saturated rings. The molecule has 2 aromatic heterocycles. The molecular weight excluding hydrogens is 424 g/mol. The monoisotopic (exact) mass is 444 g/mol. The Morgan fingerprint density at radius 3 is 2.50 bits per heavy atom. The van der Waals surface area contributed by atoms with E-state index in [0.29, 0.717) is 23.4 Å². The number of nitriles is 1. The summed E-state index contributed by atoms with van der Waals surface area (Å²) in [5.41, 5.74) is 2.68. The second-order valence-electron chi connectivity index (χ2n) is 6.89. The Morgan fingerprint density at radius 2 is 1.69 bits per heavy atom. The van der Waals surface area contributed by atoms with Crippen molar-refractivity contribution in [3.05, 3.63) is 90.3 Å². The number of sulfonamides is 1. The molecule has 4 rings (SSSR count). The Bertz CT molecular complexity index is 1380.